The zero-order valence-electron chi connectivity index (χ0n) is 16.0. The molecule has 0 radical (unpaired) electrons. The summed E-state index contributed by atoms with van der Waals surface area (Å²) in [4.78, 5) is 16.2. The maximum Gasteiger partial charge on any atom is 0.433 e. The monoisotopic (exact) mass is 466 g/mol. The normalized spacial score (nSPS) is 11.5. The number of nitrogens with zero attached hydrogens (tertiary/aromatic N) is 2. The lowest BCUT2D eigenvalue weighted by atomic mass is 10.1. The molecule has 3 aromatic rings. The maximum atomic E-state index is 13.1. The molecule has 0 aliphatic carbocycles. The van der Waals surface area contributed by atoms with Crippen molar-refractivity contribution in [1.29, 1.82) is 0 Å². The Morgan fingerprint density at radius 2 is 1.71 bits per heavy atom. The van der Waals surface area contributed by atoms with E-state index in [-0.39, 0.29) is 11.4 Å². The van der Waals surface area contributed by atoms with Crippen molar-refractivity contribution < 1.29 is 18.0 Å². The van der Waals surface area contributed by atoms with Crippen molar-refractivity contribution >= 4 is 46.8 Å². The summed E-state index contributed by atoms with van der Waals surface area (Å²) < 4.78 is 39.4. The summed E-state index contributed by atoms with van der Waals surface area (Å²) >= 11 is 11.7. The van der Waals surface area contributed by atoms with E-state index in [0.717, 1.165) is 12.1 Å². The van der Waals surface area contributed by atoms with E-state index in [2.05, 4.69) is 20.8 Å². The van der Waals surface area contributed by atoms with Crippen molar-refractivity contribution in [3.8, 4) is 0 Å². The van der Waals surface area contributed by atoms with Crippen molar-refractivity contribution in [1.82, 2.24) is 10.4 Å². The molecule has 0 aliphatic rings. The van der Waals surface area contributed by atoms with Crippen LogP contribution in [0.3, 0.4) is 0 Å². The molecule has 0 aliphatic heterocycles. The van der Waals surface area contributed by atoms with Gasteiger partial charge in [0.15, 0.2) is 0 Å². The van der Waals surface area contributed by atoms with Gasteiger partial charge in [-0.2, -0.15) is 18.3 Å². The van der Waals surface area contributed by atoms with Gasteiger partial charge in [0.05, 0.1) is 11.8 Å². The van der Waals surface area contributed by atoms with Crippen LogP contribution in [0.2, 0.25) is 10.0 Å². The molecule has 2 aromatic carbocycles. The second-order valence-electron chi connectivity index (χ2n) is 6.43. The van der Waals surface area contributed by atoms with E-state index in [0.29, 0.717) is 26.9 Å². The third-order valence-electron chi connectivity index (χ3n) is 4.12. The van der Waals surface area contributed by atoms with Crippen LogP contribution in [0.4, 0.5) is 24.7 Å². The molecule has 2 N–H and O–H groups in total. The summed E-state index contributed by atoms with van der Waals surface area (Å²) in [5, 5.41) is 7.63. The first-order valence-corrected chi connectivity index (χ1v) is 9.59. The van der Waals surface area contributed by atoms with Gasteiger partial charge in [-0.1, -0.05) is 35.3 Å². The van der Waals surface area contributed by atoms with E-state index in [1.165, 1.54) is 6.21 Å². The zero-order valence-corrected chi connectivity index (χ0v) is 17.5. The van der Waals surface area contributed by atoms with Crippen molar-refractivity contribution in [2.75, 3.05) is 5.32 Å². The predicted octanol–water partition coefficient (Wildman–Crippen LogP) is 6.22. The number of hydrazone groups is 1. The molecule has 3 rings (SSSR count). The largest absolute Gasteiger partial charge is 0.433 e. The Morgan fingerprint density at radius 1 is 1.03 bits per heavy atom. The van der Waals surface area contributed by atoms with E-state index in [9.17, 15) is 18.0 Å². The fourth-order valence-electron chi connectivity index (χ4n) is 2.56. The molecule has 0 saturated heterocycles. The average molecular weight is 467 g/mol. The Hall–Kier alpha value is -3.10. The maximum absolute atomic E-state index is 13.1. The van der Waals surface area contributed by atoms with Crippen LogP contribution in [0.15, 0.2) is 59.7 Å². The zero-order chi connectivity index (χ0) is 22.6. The van der Waals surface area contributed by atoms with Gasteiger partial charge in [-0.25, -0.2) is 10.4 Å². The van der Waals surface area contributed by atoms with Crippen molar-refractivity contribution in [3.63, 3.8) is 0 Å². The van der Waals surface area contributed by atoms with E-state index in [1.807, 2.05) is 0 Å². The molecule has 0 bridgehead atoms. The predicted molar refractivity (Wildman–Crippen MR) is 115 cm³/mol. The molecular formula is C21H15Cl2F3N4O. The Balaban J connectivity index is 1.88. The van der Waals surface area contributed by atoms with E-state index < -0.39 is 17.8 Å². The molecule has 1 aromatic heterocycles. The molecule has 1 heterocycles. The number of rotatable bonds is 5. The van der Waals surface area contributed by atoms with Crippen molar-refractivity contribution in [3.05, 3.63) is 87.0 Å². The molecular weight excluding hydrogens is 452 g/mol. The van der Waals surface area contributed by atoms with Gasteiger partial charge in [-0.05, 0) is 60.5 Å². The van der Waals surface area contributed by atoms with Gasteiger partial charge >= 0.3 is 6.18 Å². The number of hydrogen-bond acceptors (Lipinski definition) is 4. The summed E-state index contributed by atoms with van der Waals surface area (Å²) in [5.41, 5.74) is 2.82. The van der Waals surface area contributed by atoms with Gasteiger partial charge in [0.25, 0.3) is 5.91 Å². The minimum absolute atomic E-state index is 0.115. The topological polar surface area (TPSA) is 66.4 Å². The van der Waals surface area contributed by atoms with Gasteiger partial charge < -0.3 is 5.32 Å². The molecule has 0 saturated carbocycles. The van der Waals surface area contributed by atoms with Crippen LogP contribution in [0.25, 0.3) is 0 Å². The van der Waals surface area contributed by atoms with Crippen molar-refractivity contribution in [2.24, 2.45) is 5.10 Å². The number of aromatic nitrogens is 1. The third-order valence-corrected chi connectivity index (χ3v) is 4.61. The van der Waals surface area contributed by atoms with Crippen LogP contribution in [0.1, 0.15) is 27.2 Å². The number of halogens is 5. The first-order chi connectivity index (χ1) is 14.6. The van der Waals surface area contributed by atoms with Crippen molar-refractivity contribution in [2.45, 2.75) is 13.1 Å². The van der Waals surface area contributed by atoms with Crippen LogP contribution in [-0.2, 0) is 6.18 Å². The number of benzene rings is 2. The van der Waals surface area contributed by atoms with E-state index >= 15 is 0 Å². The molecule has 0 spiro atoms. The minimum atomic E-state index is -4.67. The lowest BCUT2D eigenvalue weighted by Crippen LogP contribution is -2.21. The molecule has 0 unspecified atom stereocenters. The number of pyridine rings is 1. The first-order valence-electron chi connectivity index (χ1n) is 8.84. The third kappa shape index (κ3) is 5.96. The highest BCUT2D eigenvalue weighted by Crippen LogP contribution is 2.31. The molecule has 0 atom stereocenters. The average Bonchev–Trinajstić information content (AvgIpc) is 2.71. The number of aryl methyl sites for hydroxylation is 1. The Labute approximate surface area is 185 Å². The number of alkyl halides is 3. The lowest BCUT2D eigenvalue weighted by molar-refractivity contribution is -0.141. The minimum Gasteiger partial charge on any atom is -0.339 e. The second-order valence-corrected chi connectivity index (χ2v) is 7.30. The summed E-state index contributed by atoms with van der Waals surface area (Å²) in [6.45, 7) is 1.72. The van der Waals surface area contributed by atoms with Gasteiger partial charge in [0.1, 0.15) is 11.5 Å². The van der Waals surface area contributed by atoms with Gasteiger partial charge in [-0.15, -0.1) is 0 Å². The van der Waals surface area contributed by atoms with E-state index in [4.69, 9.17) is 23.2 Å². The molecule has 160 valence electrons. The summed E-state index contributed by atoms with van der Waals surface area (Å²) in [6, 6.07) is 13.2. The Bertz CT molecular complexity index is 1130. The molecule has 1 amide bonds. The van der Waals surface area contributed by atoms with Gasteiger partial charge in [0, 0.05) is 15.7 Å². The molecule has 10 heteroatoms. The fraction of sp³-hybridized carbons (Fsp3) is 0.0952. The fourth-order valence-corrected chi connectivity index (χ4v) is 2.92. The summed E-state index contributed by atoms with van der Waals surface area (Å²) in [5.74, 6) is -1.00. The smallest absolute Gasteiger partial charge is 0.339 e. The quantitative estimate of drug-likeness (QED) is 0.346. The van der Waals surface area contributed by atoms with Crippen LogP contribution in [0, 0.1) is 6.92 Å². The lowest BCUT2D eigenvalue weighted by Gasteiger charge is -2.15. The number of nitrogens with one attached hydrogen (secondary N) is 2. The number of hydrogen-bond donors (Lipinski definition) is 2. The summed E-state index contributed by atoms with van der Waals surface area (Å²) in [7, 11) is 0. The van der Waals surface area contributed by atoms with Crippen LogP contribution in [0.5, 0.6) is 0 Å². The highest BCUT2D eigenvalue weighted by molar-refractivity contribution is 6.31. The molecule has 5 nitrogen and oxygen atoms in total. The second kappa shape index (κ2) is 9.36. The Morgan fingerprint density at radius 3 is 2.35 bits per heavy atom. The Kier molecular flexibility index (Phi) is 6.82. The van der Waals surface area contributed by atoms with Gasteiger partial charge in [-0.3, -0.25) is 4.79 Å². The van der Waals surface area contributed by atoms with Crippen LogP contribution >= 0.6 is 23.2 Å². The standard InChI is InChI=1S/C21H15Cl2F3N4O/c1-12-10-15(23)6-8-17(12)28-19-16(7-9-18(29-19)21(24,25)26)20(31)30-27-11-13-2-4-14(22)5-3-13/h2-11H,1H3,(H,28,29)(H,30,31)/b27-11+. The van der Waals surface area contributed by atoms with Crippen LogP contribution in [-0.4, -0.2) is 17.1 Å². The SMILES string of the molecule is Cc1cc(Cl)ccc1Nc1nc(C(F)(F)F)ccc1C(=O)N/N=C/c1ccc(Cl)cc1. The van der Waals surface area contributed by atoms with Crippen LogP contribution < -0.4 is 10.7 Å². The number of carbonyl (C=O) groups excluding carboxylic acids is 1. The highest BCUT2D eigenvalue weighted by Gasteiger charge is 2.33. The highest BCUT2D eigenvalue weighted by atomic mass is 35.5. The number of anilines is 2. The van der Waals surface area contributed by atoms with E-state index in [1.54, 1.807) is 49.4 Å². The molecule has 31 heavy (non-hydrogen) atoms. The van der Waals surface area contributed by atoms with Gasteiger partial charge in [0.2, 0.25) is 0 Å². The summed E-state index contributed by atoms with van der Waals surface area (Å²) in [6.07, 6.45) is -3.30. The number of amides is 1. The molecule has 0 fully saturated rings. The number of carbonyl (C=O) groups is 1. The first kappa shape index (κ1) is 22.6.